The quantitative estimate of drug-likeness (QED) is 0.905. The zero-order valence-electron chi connectivity index (χ0n) is 11.2. The van der Waals surface area contributed by atoms with Gasteiger partial charge in [-0.3, -0.25) is 0 Å². The second kappa shape index (κ2) is 6.34. The van der Waals surface area contributed by atoms with Gasteiger partial charge in [-0.05, 0) is 44.2 Å². The Balaban J connectivity index is 2.06. The Bertz CT molecular complexity index is 422. The van der Waals surface area contributed by atoms with E-state index in [0.29, 0.717) is 18.5 Å². The van der Waals surface area contributed by atoms with Gasteiger partial charge >= 0.3 is 6.01 Å². The van der Waals surface area contributed by atoms with Gasteiger partial charge in [-0.1, -0.05) is 0 Å². The predicted octanol–water partition coefficient (Wildman–Crippen LogP) is 1.52. The number of aliphatic hydroxyl groups excluding tert-OH is 1. The van der Waals surface area contributed by atoms with E-state index < -0.39 is 0 Å². The number of piperidine rings is 1. The molecule has 0 bridgehead atoms. The van der Waals surface area contributed by atoms with Crippen molar-refractivity contribution in [1.82, 2.24) is 15.0 Å². The summed E-state index contributed by atoms with van der Waals surface area (Å²) < 4.78 is 5.26. The Morgan fingerprint density at radius 2 is 2.05 bits per heavy atom. The fraction of sp³-hybridized carbons (Fsp3) is 0.750. The first-order valence-electron chi connectivity index (χ1n) is 6.57. The van der Waals surface area contributed by atoms with Crippen molar-refractivity contribution in [3.05, 3.63) is 5.28 Å². The molecule has 0 amide bonds. The van der Waals surface area contributed by atoms with Crippen LogP contribution in [0.25, 0.3) is 0 Å². The standard InChI is InChI=1S/C12H19ClN4O2/c1-3-19-12-15-10(13)14-11(16-12)17-6-4-9(5-7-17)8(2)18/h8-9,18H,3-7H2,1-2H3. The molecule has 1 aliphatic rings. The molecule has 106 valence electrons. The lowest BCUT2D eigenvalue weighted by atomic mass is 9.92. The molecule has 0 saturated carbocycles. The summed E-state index contributed by atoms with van der Waals surface area (Å²) in [6.07, 6.45) is 1.58. The van der Waals surface area contributed by atoms with Crippen LogP contribution in [-0.4, -0.2) is 45.9 Å². The average molecular weight is 287 g/mol. The molecule has 0 spiro atoms. The Labute approximate surface area is 117 Å². The van der Waals surface area contributed by atoms with Crippen molar-refractivity contribution in [3.63, 3.8) is 0 Å². The minimum absolute atomic E-state index is 0.145. The molecule has 19 heavy (non-hydrogen) atoms. The van der Waals surface area contributed by atoms with Crippen molar-refractivity contribution in [2.75, 3.05) is 24.6 Å². The molecule has 7 heteroatoms. The van der Waals surface area contributed by atoms with E-state index in [9.17, 15) is 5.11 Å². The maximum Gasteiger partial charge on any atom is 0.322 e. The summed E-state index contributed by atoms with van der Waals surface area (Å²) in [5.74, 6) is 0.896. The van der Waals surface area contributed by atoms with Gasteiger partial charge in [0.1, 0.15) is 0 Å². The summed E-state index contributed by atoms with van der Waals surface area (Å²) in [6, 6.07) is 0.259. The normalized spacial score (nSPS) is 18.4. The molecule has 0 radical (unpaired) electrons. The molecule has 1 atom stereocenters. The summed E-state index contributed by atoms with van der Waals surface area (Å²) in [5, 5.41) is 9.74. The van der Waals surface area contributed by atoms with Crippen LogP contribution in [0.15, 0.2) is 0 Å². The molecule has 2 rings (SSSR count). The van der Waals surface area contributed by atoms with Gasteiger partial charge in [-0.25, -0.2) is 0 Å². The number of anilines is 1. The summed E-state index contributed by atoms with van der Waals surface area (Å²) in [5.41, 5.74) is 0. The van der Waals surface area contributed by atoms with Crippen molar-refractivity contribution < 1.29 is 9.84 Å². The largest absolute Gasteiger partial charge is 0.464 e. The van der Waals surface area contributed by atoms with Crippen LogP contribution >= 0.6 is 11.6 Å². The van der Waals surface area contributed by atoms with Crippen LogP contribution < -0.4 is 9.64 Å². The van der Waals surface area contributed by atoms with Crippen LogP contribution in [0.2, 0.25) is 5.28 Å². The van der Waals surface area contributed by atoms with Gasteiger partial charge < -0.3 is 14.7 Å². The minimum Gasteiger partial charge on any atom is -0.464 e. The number of halogens is 1. The summed E-state index contributed by atoms with van der Waals surface area (Å²) >= 11 is 5.88. The highest BCUT2D eigenvalue weighted by atomic mass is 35.5. The van der Waals surface area contributed by atoms with Crippen LogP contribution in [0.3, 0.4) is 0 Å². The van der Waals surface area contributed by atoms with Gasteiger partial charge in [0, 0.05) is 13.1 Å². The Kier molecular flexibility index (Phi) is 4.76. The minimum atomic E-state index is -0.261. The van der Waals surface area contributed by atoms with Gasteiger partial charge in [0.25, 0.3) is 0 Å². The number of rotatable bonds is 4. The lowest BCUT2D eigenvalue weighted by Gasteiger charge is -2.33. The Morgan fingerprint density at radius 1 is 1.37 bits per heavy atom. The molecule has 2 heterocycles. The van der Waals surface area contributed by atoms with E-state index in [2.05, 4.69) is 19.9 Å². The van der Waals surface area contributed by atoms with E-state index in [1.165, 1.54) is 0 Å². The summed E-state index contributed by atoms with van der Waals surface area (Å²) in [7, 11) is 0. The van der Waals surface area contributed by atoms with E-state index in [1.807, 2.05) is 13.8 Å². The topological polar surface area (TPSA) is 71.4 Å². The summed E-state index contributed by atoms with van der Waals surface area (Å²) in [6.45, 7) is 5.81. The smallest absolute Gasteiger partial charge is 0.322 e. The maximum absolute atomic E-state index is 9.59. The highest BCUT2D eigenvalue weighted by molar-refractivity contribution is 6.28. The lowest BCUT2D eigenvalue weighted by Crippen LogP contribution is -2.38. The maximum atomic E-state index is 9.59. The Hall–Kier alpha value is -1.14. The zero-order chi connectivity index (χ0) is 13.8. The first-order valence-corrected chi connectivity index (χ1v) is 6.95. The summed E-state index contributed by atoms with van der Waals surface area (Å²) in [4.78, 5) is 14.4. The third-order valence-corrected chi connectivity index (χ3v) is 3.52. The fourth-order valence-corrected chi connectivity index (χ4v) is 2.39. The molecule has 1 aliphatic heterocycles. The second-order valence-corrected chi connectivity index (χ2v) is 5.02. The van der Waals surface area contributed by atoms with Gasteiger partial charge in [0.2, 0.25) is 11.2 Å². The van der Waals surface area contributed by atoms with E-state index in [-0.39, 0.29) is 17.4 Å². The molecule has 6 nitrogen and oxygen atoms in total. The van der Waals surface area contributed by atoms with Crippen LogP contribution in [0, 0.1) is 5.92 Å². The number of aromatic nitrogens is 3. The van der Waals surface area contributed by atoms with Gasteiger partial charge in [-0.15, -0.1) is 0 Å². The fourth-order valence-electron chi connectivity index (χ4n) is 2.24. The number of nitrogens with zero attached hydrogens (tertiary/aromatic N) is 4. The second-order valence-electron chi connectivity index (χ2n) is 4.69. The number of hydrogen-bond acceptors (Lipinski definition) is 6. The first-order chi connectivity index (χ1) is 9.10. The first kappa shape index (κ1) is 14.3. The molecular formula is C12H19ClN4O2. The third-order valence-electron chi connectivity index (χ3n) is 3.35. The van der Waals surface area contributed by atoms with Gasteiger partial charge in [-0.2, -0.15) is 15.0 Å². The van der Waals surface area contributed by atoms with Crippen LogP contribution in [0.4, 0.5) is 5.95 Å². The van der Waals surface area contributed by atoms with Crippen LogP contribution in [-0.2, 0) is 0 Å². The van der Waals surface area contributed by atoms with Crippen LogP contribution in [0.1, 0.15) is 26.7 Å². The van der Waals surface area contributed by atoms with E-state index in [4.69, 9.17) is 16.3 Å². The molecule has 1 aromatic rings. The molecule has 1 unspecified atom stereocenters. The molecule has 1 N–H and O–H groups in total. The average Bonchev–Trinajstić information content (AvgIpc) is 2.38. The van der Waals surface area contributed by atoms with Crippen molar-refractivity contribution >= 4 is 17.5 Å². The molecule has 0 aromatic carbocycles. The number of ether oxygens (including phenoxy) is 1. The van der Waals surface area contributed by atoms with Crippen molar-refractivity contribution in [2.45, 2.75) is 32.8 Å². The van der Waals surface area contributed by atoms with Gasteiger partial charge in [0.15, 0.2) is 0 Å². The van der Waals surface area contributed by atoms with Crippen molar-refractivity contribution in [2.24, 2.45) is 5.92 Å². The Morgan fingerprint density at radius 3 is 2.63 bits per heavy atom. The van der Waals surface area contributed by atoms with E-state index in [0.717, 1.165) is 25.9 Å². The lowest BCUT2D eigenvalue weighted by molar-refractivity contribution is 0.109. The number of hydrogen-bond donors (Lipinski definition) is 1. The van der Waals surface area contributed by atoms with E-state index >= 15 is 0 Å². The molecule has 1 fully saturated rings. The predicted molar refractivity (Wildman–Crippen MR) is 72.6 cm³/mol. The molecule has 0 aliphatic carbocycles. The van der Waals surface area contributed by atoms with Crippen molar-refractivity contribution in [1.29, 1.82) is 0 Å². The van der Waals surface area contributed by atoms with Crippen molar-refractivity contribution in [3.8, 4) is 6.01 Å². The molecule has 1 saturated heterocycles. The zero-order valence-corrected chi connectivity index (χ0v) is 12.0. The highest BCUT2D eigenvalue weighted by Crippen LogP contribution is 2.24. The third kappa shape index (κ3) is 3.67. The SMILES string of the molecule is CCOc1nc(Cl)nc(N2CCC(C(C)O)CC2)n1. The molecule has 1 aromatic heterocycles. The van der Waals surface area contributed by atoms with Gasteiger partial charge in [0.05, 0.1) is 12.7 Å². The monoisotopic (exact) mass is 286 g/mol. The highest BCUT2D eigenvalue weighted by Gasteiger charge is 2.24. The molecular weight excluding hydrogens is 268 g/mol. The van der Waals surface area contributed by atoms with Crippen LogP contribution in [0.5, 0.6) is 6.01 Å². The number of aliphatic hydroxyl groups is 1. The van der Waals surface area contributed by atoms with E-state index in [1.54, 1.807) is 0 Å².